The van der Waals surface area contributed by atoms with Crippen molar-refractivity contribution in [3.05, 3.63) is 45.5 Å². The lowest BCUT2D eigenvalue weighted by Crippen LogP contribution is -2.11. The molecule has 0 saturated carbocycles. The zero-order valence-corrected chi connectivity index (χ0v) is 11.1. The van der Waals surface area contributed by atoms with Crippen LogP contribution in [0.1, 0.15) is 10.4 Å². The smallest absolute Gasteiger partial charge is 0.260 e. The van der Waals surface area contributed by atoms with Crippen molar-refractivity contribution >= 4 is 43.5 Å². The second kappa shape index (κ2) is 4.80. The van der Waals surface area contributed by atoms with E-state index >= 15 is 0 Å². The summed E-state index contributed by atoms with van der Waals surface area (Å²) in [6.07, 6.45) is 4.66. The maximum atomic E-state index is 11.8. The van der Waals surface area contributed by atoms with Gasteiger partial charge in [-0.2, -0.15) is 0 Å². The maximum absolute atomic E-state index is 11.8. The lowest BCUT2D eigenvalue weighted by Gasteiger charge is -2.05. The molecule has 0 aliphatic carbocycles. The number of amides is 1. The van der Waals surface area contributed by atoms with Crippen molar-refractivity contribution in [2.45, 2.75) is 0 Å². The summed E-state index contributed by atoms with van der Waals surface area (Å²) in [7, 11) is 0. The van der Waals surface area contributed by atoms with Crippen LogP contribution < -0.4 is 5.32 Å². The van der Waals surface area contributed by atoms with E-state index in [1.165, 1.54) is 6.26 Å². The number of pyridine rings is 1. The predicted molar refractivity (Wildman–Crippen MR) is 66.3 cm³/mol. The van der Waals surface area contributed by atoms with Gasteiger partial charge in [0, 0.05) is 12.4 Å². The van der Waals surface area contributed by atoms with Crippen LogP contribution in [0.5, 0.6) is 0 Å². The summed E-state index contributed by atoms with van der Waals surface area (Å²) >= 11 is 6.44. The fraction of sp³-hybridized carbons (Fsp3) is 0. The van der Waals surface area contributed by atoms with Crippen LogP contribution in [0.25, 0.3) is 0 Å². The van der Waals surface area contributed by atoms with Crippen molar-refractivity contribution in [1.82, 2.24) is 4.98 Å². The maximum Gasteiger partial charge on any atom is 0.260 e. The molecule has 0 aliphatic heterocycles. The molecule has 2 aromatic rings. The second-order valence-corrected chi connectivity index (χ2v) is 4.49. The van der Waals surface area contributed by atoms with Gasteiger partial charge in [0.2, 0.25) is 0 Å². The van der Waals surface area contributed by atoms with Crippen LogP contribution in [0, 0.1) is 0 Å². The number of halogens is 2. The molecule has 0 radical (unpaired) electrons. The molecule has 2 aromatic heterocycles. The van der Waals surface area contributed by atoms with Crippen LogP contribution in [0.15, 0.2) is 44.3 Å². The van der Waals surface area contributed by atoms with Crippen molar-refractivity contribution in [1.29, 1.82) is 0 Å². The highest BCUT2D eigenvalue weighted by atomic mass is 79.9. The number of hydrogen-bond donors (Lipinski definition) is 1. The van der Waals surface area contributed by atoms with E-state index in [0.29, 0.717) is 15.9 Å². The zero-order chi connectivity index (χ0) is 11.5. The van der Waals surface area contributed by atoms with Gasteiger partial charge in [0.1, 0.15) is 0 Å². The number of nitrogens with zero attached hydrogens (tertiary/aromatic N) is 1. The fourth-order valence-electron chi connectivity index (χ4n) is 1.12. The number of furan rings is 1. The average Bonchev–Trinajstić information content (AvgIpc) is 2.68. The van der Waals surface area contributed by atoms with Crippen LogP contribution in [0.4, 0.5) is 5.69 Å². The molecule has 0 saturated heterocycles. The van der Waals surface area contributed by atoms with Gasteiger partial charge in [-0.15, -0.1) is 0 Å². The molecule has 82 valence electrons. The van der Waals surface area contributed by atoms with Crippen LogP contribution >= 0.6 is 31.9 Å². The normalized spacial score (nSPS) is 10.1. The monoisotopic (exact) mass is 344 g/mol. The molecule has 1 N–H and O–H groups in total. The van der Waals surface area contributed by atoms with Crippen LogP contribution in [0.3, 0.4) is 0 Å². The van der Waals surface area contributed by atoms with Gasteiger partial charge in [-0.25, -0.2) is 0 Å². The average molecular weight is 346 g/mol. The van der Waals surface area contributed by atoms with Gasteiger partial charge in [-0.3, -0.25) is 9.78 Å². The molecule has 0 fully saturated rings. The third kappa shape index (κ3) is 2.33. The number of anilines is 1. The zero-order valence-electron chi connectivity index (χ0n) is 7.91. The molecule has 0 atom stereocenters. The highest BCUT2D eigenvalue weighted by molar-refractivity contribution is 9.10. The Balaban J connectivity index is 2.21. The van der Waals surface area contributed by atoms with Crippen LogP contribution in [-0.2, 0) is 0 Å². The highest BCUT2D eigenvalue weighted by Crippen LogP contribution is 2.23. The summed E-state index contributed by atoms with van der Waals surface area (Å²) < 4.78 is 6.12. The number of rotatable bonds is 2. The van der Waals surface area contributed by atoms with Gasteiger partial charge in [-0.05, 0) is 44.0 Å². The predicted octanol–water partition coefficient (Wildman–Crippen LogP) is 3.45. The first kappa shape index (κ1) is 11.3. The van der Waals surface area contributed by atoms with Gasteiger partial charge in [0.25, 0.3) is 5.91 Å². The Morgan fingerprint density at radius 2 is 2.19 bits per heavy atom. The van der Waals surface area contributed by atoms with E-state index in [2.05, 4.69) is 42.2 Å². The summed E-state index contributed by atoms with van der Waals surface area (Å²) in [5.41, 5.74) is 1.11. The molecule has 16 heavy (non-hydrogen) atoms. The number of carbonyl (C=O) groups excluding carboxylic acids is 1. The highest BCUT2D eigenvalue weighted by Gasteiger charge is 2.13. The summed E-state index contributed by atoms with van der Waals surface area (Å²) in [5.74, 6) is -0.243. The van der Waals surface area contributed by atoms with Crippen molar-refractivity contribution in [3.63, 3.8) is 0 Å². The second-order valence-electron chi connectivity index (χ2n) is 2.92. The Morgan fingerprint density at radius 3 is 2.81 bits per heavy atom. The lowest BCUT2D eigenvalue weighted by atomic mass is 10.3. The van der Waals surface area contributed by atoms with Crippen LogP contribution in [0.2, 0.25) is 0 Å². The molecule has 4 nitrogen and oxygen atoms in total. The number of hydrogen-bond acceptors (Lipinski definition) is 3. The van der Waals surface area contributed by atoms with Gasteiger partial charge < -0.3 is 9.73 Å². The first-order chi connectivity index (χ1) is 7.68. The third-order valence-corrected chi connectivity index (χ3v) is 3.13. The van der Waals surface area contributed by atoms with Crippen molar-refractivity contribution in [2.24, 2.45) is 0 Å². The van der Waals surface area contributed by atoms with E-state index in [1.807, 2.05) is 0 Å². The standard InChI is InChI=1S/C10H6Br2N2O2/c11-7-5-13-3-1-8(7)14-10(15)6-2-4-16-9(6)12/h1-5H,(H,13,14,15). The molecule has 0 unspecified atom stereocenters. The van der Waals surface area contributed by atoms with E-state index in [1.54, 1.807) is 24.5 Å². The van der Waals surface area contributed by atoms with E-state index in [-0.39, 0.29) is 5.91 Å². The number of aromatic nitrogens is 1. The molecule has 1 amide bonds. The Bertz CT molecular complexity index is 525. The molecule has 0 spiro atoms. The van der Waals surface area contributed by atoms with E-state index < -0.39 is 0 Å². The Hall–Kier alpha value is -1.14. The number of nitrogens with one attached hydrogen (secondary N) is 1. The summed E-state index contributed by atoms with van der Waals surface area (Å²) in [5, 5.41) is 2.74. The summed E-state index contributed by atoms with van der Waals surface area (Å²) in [6, 6.07) is 3.30. The van der Waals surface area contributed by atoms with Crippen LogP contribution in [-0.4, -0.2) is 10.9 Å². The summed E-state index contributed by atoms with van der Waals surface area (Å²) in [4.78, 5) is 15.7. The quantitative estimate of drug-likeness (QED) is 0.906. The third-order valence-electron chi connectivity index (χ3n) is 1.88. The molecule has 0 aliphatic rings. The topological polar surface area (TPSA) is 55.1 Å². The van der Waals surface area contributed by atoms with Crippen molar-refractivity contribution < 1.29 is 9.21 Å². The van der Waals surface area contributed by atoms with Crippen molar-refractivity contribution in [2.75, 3.05) is 5.32 Å². The largest absolute Gasteiger partial charge is 0.457 e. The molecule has 2 heterocycles. The van der Waals surface area contributed by atoms with E-state index in [9.17, 15) is 4.79 Å². The molecule has 0 aromatic carbocycles. The lowest BCUT2D eigenvalue weighted by molar-refractivity contribution is 0.102. The Morgan fingerprint density at radius 1 is 1.38 bits per heavy atom. The first-order valence-electron chi connectivity index (χ1n) is 4.32. The van der Waals surface area contributed by atoms with Gasteiger partial charge in [-0.1, -0.05) is 0 Å². The Kier molecular flexibility index (Phi) is 3.40. The number of carbonyl (C=O) groups is 1. The minimum absolute atomic E-state index is 0.243. The van der Waals surface area contributed by atoms with Gasteiger partial charge >= 0.3 is 0 Å². The van der Waals surface area contributed by atoms with E-state index in [0.717, 1.165) is 4.47 Å². The van der Waals surface area contributed by atoms with Gasteiger partial charge in [0.05, 0.1) is 22.0 Å². The molecular weight excluding hydrogens is 340 g/mol. The van der Waals surface area contributed by atoms with Crippen molar-refractivity contribution in [3.8, 4) is 0 Å². The molecular formula is C10H6Br2N2O2. The molecule has 6 heteroatoms. The van der Waals surface area contributed by atoms with Gasteiger partial charge in [0.15, 0.2) is 4.67 Å². The minimum Gasteiger partial charge on any atom is -0.457 e. The fourth-order valence-corrected chi connectivity index (χ4v) is 1.89. The SMILES string of the molecule is O=C(Nc1ccncc1Br)c1ccoc1Br. The van der Waals surface area contributed by atoms with E-state index in [4.69, 9.17) is 4.42 Å². The molecule has 2 rings (SSSR count). The Labute approximate surface area is 108 Å². The first-order valence-corrected chi connectivity index (χ1v) is 5.91. The molecule has 0 bridgehead atoms. The minimum atomic E-state index is -0.243. The summed E-state index contributed by atoms with van der Waals surface area (Å²) in [6.45, 7) is 0.